The van der Waals surface area contributed by atoms with Gasteiger partial charge in [0.15, 0.2) is 0 Å². The van der Waals surface area contributed by atoms with Gasteiger partial charge in [0.1, 0.15) is 23.0 Å². The molecule has 6 aromatic rings. The van der Waals surface area contributed by atoms with E-state index in [0.717, 1.165) is 115 Å². The standard InChI is InChI=1S/C58H54N2O4/c1-5-23-61-55-47-27-43(21-19-41-15-11-9-12-16-41)28-48(55)36-52-32-46(40-60)34-54(58(52)64-26-8-4)38-50-30-44(22-20-42-17-13-10-14-18-42)29-49(56(50)62-24-6-2)37-53-33-45(39-59)31-51(35-47)57(53)63-25-7-3/h9-18,27-34H,5-8,23-26,35-38H2,1-4H3. The van der Waals surface area contributed by atoms with Crippen molar-refractivity contribution in [2.24, 2.45) is 0 Å². The van der Waals surface area contributed by atoms with Gasteiger partial charge in [-0.25, -0.2) is 0 Å². The molecule has 64 heavy (non-hydrogen) atoms. The van der Waals surface area contributed by atoms with Gasteiger partial charge in [0.25, 0.3) is 0 Å². The second kappa shape index (κ2) is 22.1. The quantitative estimate of drug-likeness (QED) is 0.114. The van der Waals surface area contributed by atoms with E-state index in [0.29, 0.717) is 63.2 Å². The number of fused-ring (bicyclic) bond motifs is 8. The maximum absolute atomic E-state index is 10.6. The molecule has 0 saturated heterocycles. The van der Waals surface area contributed by atoms with E-state index in [1.165, 1.54) is 0 Å². The monoisotopic (exact) mass is 842 g/mol. The van der Waals surface area contributed by atoms with Gasteiger partial charge in [-0.05, 0) is 98.5 Å². The van der Waals surface area contributed by atoms with Crippen molar-refractivity contribution >= 4 is 0 Å². The molecule has 7 rings (SSSR count). The lowest BCUT2D eigenvalue weighted by Gasteiger charge is -2.23. The predicted molar refractivity (Wildman–Crippen MR) is 254 cm³/mol. The van der Waals surface area contributed by atoms with Gasteiger partial charge in [0.2, 0.25) is 0 Å². The first-order chi connectivity index (χ1) is 31.4. The van der Waals surface area contributed by atoms with E-state index >= 15 is 0 Å². The third-order valence-corrected chi connectivity index (χ3v) is 10.8. The SMILES string of the molecule is CCCOc1c2cc(C#N)cc1Cc1cc(C#Cc3ccccc3)cc(c1OCCC)Cc1cc(C#N)cc(c1OCCC)Cc1cc(C#Cc3ccccc3)cc(c1OCCC)C2. The Morgan fingerprint density at radius 3 is 0.812 bits per heavy atom. The fraction of sp³-hybridized carbons (Fsp3) is 0.276. The van der Waals surface area contributed by atoms with Crippen LogP contribution in [0.1, 0.15) is 131 Å². The highest BCUT2D eigenvalue weighted by atomic mass is 16.5. The molecule has 0 heterocycles. The van der Waals surface area contributed by atoms with Crippen LogP contribution in [-0.4, -0.2) is 26.4 Å². The second-order valence-corrected chi connectivity index (χ2v) is 16.1. The topological polar surface area (TPSA) is 84.5 Å². The normalized spacial score (nSPS) is 11.4. The molecule has 0 aromatic heterocycles. The van der Waals surface area contributed by atoms with E-state index in [1.807, 2.05) is 84.9 Å². The van der Waals surface area contributed by atoms with Crippen LogP contribution in [0.15, 0.2) is 109 Å². The van der Waals surface area contributed by atoms with Crippen LogP contribution in [0.5, 0.6) is 23.0 Å². The fourth-order valence-electron chi connectivity index (χ4n) is 8.05. The van der Waals surface area contributed by atoms with Crippen molar-refractivity contribution in [2.45, 2.75) is 79.1 Å². The van der Waals surface area contributed by atoms with Crippen LogP contribution in [0, 0.1) is 46.3 Å². The number of nitriles is 2. The predicted octanol–water partition coefficient (Wildman–Crippen LogP) is 12.1. The van der Waals surface area contributed by atoms with Crippen LogP contribution in [0.3, 0.4) is 0 Å². The molecule has 8 bridgehead atoms. The van der Waals surface area contributed by atoms with E-state index in [1.54, 1.807) is 0 Å². The lowest BCUT2D eigenvalue weighted by atomic mass is 9.88. The highest BCUT2D eigenvalue weighted by Crippen LogP contribution is 2.41. The average Bonchev–Trinajstić information content (AvgIpc) is 3.31. The van der Waals surface area contributed by atoms with Crippen molar-refractivity contribution in [2.75, 3.05) is 26.4 Å². The summed E-state index contributed by atoms with van der Waals surface area (Å²) >= 11 is 0. The van der Waals surface area contributed by atoms with Gasteiger partial charge in [-0.3, -0.25) is 0 Å². The number of nitrogens with zero attached hydrogens (tertiary/aromatic N) is 2. The fourth-order valence-corrected chi connectivity index (χ4v) is 8.05. The molecule has 0 atom stereocenters. The Morgan fingerprint density at radius 2 is 0.578 bits per heavy atom. The summed E-state index contributed by atoms with van der Waals surface area (Å²) in [5.41, 5.74) is 11.8. The van der Waals surface area contributed by atoms with E-state index < -0.39 is 0 Å². The first-order valence-electron chi connectivity index (χ1n) is 22.5. The Balaban J connectivity index is 1.56. The minimum Gasteiger partial charge on any atom is -0.493 e. The molecule has 1 aliphatic rings. The maximum Gasteiger partial charge on any atom is 0.126 e. The van der Waals surface area contributed by atoms with Gasteiger partial charge in [-0.1, -0.05) is 87.8 Å². The van der Waals surface area contributed by atoms with Crippen LogP contribution < -0.4 is 18.9 Å². The largest absolute Gasteiger partial charge is 0.493 e. The number of rotatable bonds is 12. The summed E-state index contributed by atoms with van der Waals surface area (Å²) in [5.74, 6) is 16.7. The Morgan fingerprint density at radius 1 is 0.344 bits per heavy atom. The van der Waals surface area contributed by atoms with Crippen molar-refractivity contribution in [3.05, 3.63) is 187 Å². The summed E-state index contributed by atoms with van der Waals surface area (Å²) in [5, 5.41) is 21.1. The minimum absolute atomic E-state index is 0.421. The van der Waals surface area contributed by atoms with Crippen molar-refractivity contribution in [1.29, 1.82) is 10.5 Å². The second-order valence-electron chi connectivity index (χ2n) is 16.1. The molecule has 0 unspecified atom stereocenters. The van der Waals surface area contributed by atoms with Crippen molar-refractivity contribution < 1.29 is 18.9 Å². The number of ether oxygens (including phenoxy) is 4. The summed E-state index contributed by atoms with van der Waals surface area (Å²) in [6.07, 6.45) is 4.92. The molecule has 6 nitrogen and oxygen atoms in total. The first kappa shape index (κ1) is 44.7. The van der Waals surface area contributed by atoms with E-state index in [9.17, 15) is 10.5 Å². The molecule has 0 aliphatic heterocycles. The molecule has 0 spiro atoms. The molecule has 0 N–H and O–H groups in total. The molecular formula is C58H54N2O4. The molecule has 320 valence electrons. The summed E-state index contributed by atoms with van der Waals surface area (Å²) in [6, 6.07) is 41.1. The maximum atomic E-state index is 10.6. The number of benzene rings is 6. The third kappa shape index (κ3) is 11.2. The Hall–Kier alpha value is -7.38. The third-order valence-electron chi connectivity index (χ3n) is 10.8. The van der Waals surface area contributed by atoms with Crippen LogP contribution in [0.4, 0.5) is 0 Å². The number of hydrogen-bond acceptors (Lipinski definition) is 6. The molecule has 0 radical (unpaired) electrons. The molecular weight excluding hydrogens is 789 g/mol. The summed E-state index contributed by atoms with van der Waals surface area (Å²) in [7, 11) is 0. The summed E-state index contributed by atoms with van der Waals surface area (Å²) in [4.78, 5) is 0. The van der Waals surface area contributed by atoms with Crippen molar-refractivity contribution in [3.63, 3.8) is 0 Å². The van der Waals surface area contributed by atoms with Crippen LogP contribution >= 0.6 is 0 Å². The van der Waals surface area contributed by atoms with Gasteiger partial charge in [-0.2, -0.15) is 10.5 Å². The Bertz CT molecular complexity index is 2520. The smallest absolute Gasteiger partial charge is 0.126 e. The number of hydrogen-bond donors (Lipinski definition) is 0. The van der Waals surface area contributed by atoms with E-state index in [2.05, 4.69) is 87.8 Å². The zero-order chi connectivity index (χ0) is 44.7. The Kier molecular flexibility index (Phi) is 15.4. The molecule has 6 heteroatoms. The first-order valence-corrected chi connectivity index (χ1v) is 22.5. The van der Waals surface area contributed by atoms with E-state index in [-0.39, 0.29) is 0 Å². The summed E-state index contributed by atoms with van der Waals surface area (Å²) in [6.45, 7) is 10.4. The lowest BCUT2D eigenvalue weighted by molar-refractivity contribution is 0.304. The van der Waals surface area contributed by atoms with Gasteiger partial charge in [-0.15, -0.1) is 0 Å². The average molecular weight is 843 g/mol. The van der Waals surface area contributed by atoms with Crippen molar-refractivity contribution in [1.82, 2.24) is 0 Å². The minimum atomic E-state index is 0.421. The van der Waals surface area contributed by atoms with Crippen molar-refractivity contribution in [3.8, 4) is 58.8 Å². The molecule has 0 amide bonds. The molecule has 1 aliphatic carbocycles. The Labute approximate surface area is 379 Å². The van der Waals surface area contributed by atoms with Gasteiger partial charge >= 0.3 is 0 Å². The zero-order valence-electron chi connectivity index (χ0n) is 37.4. The molecule has 0 saturated carbocycles. The van der Waals surface area contributed by atoms with Crippen LogP contribution in [-0.2, 0) is 25.7 Å². The van der Waals surface area contributed by atoms with Gasteiger partial charge in [0.05, 0.1) is 49.7 Å². The zero-order valence-corrected chi connectivity index (χ0v) is 37.4. The highest BCUT2D eigenvalue weighted by Gasteiger charge is 2.24. The molecule has 0 fully saturated rings. The van der Waals surface area contributed by atoms with Gasteiger partial charge < -0.3 is 18.9 Å². The van der Waals surface area contributed by atoms with E-state index in [4.69, 9.17) is 18.9 Å². The molecule has 6 aromatic carbocycles. The summed E-state index contributed by atoms with van der Waals surface area (Å²) < 4.78 is 27.0. The lowest BCUT2D eigenvalue weighted by Crippen LogP contribution is -2.11. The van der Waals surface area contributed by atoms with Crippen LogP contribution in [0.25, 0.3) is 0 Å². The van der Waals surface area contributed by atoms with Crippen LogP contribution in [0.2, 0.25) is 0 Å². The highest BCUT2D eigenvalue weighted by molar-refractivity contribution is 5.62. The van der Waals surface area contributed by atoms with Gasteiger partial charge in [0, 0.05) is 92.4 Å².